The molecule has 2 aromatic carbocycles. The molecule has 1 aliphatic carbocycles. The van der Waals surface area contributed by atoms with E-state index in [9.17, 15) is 9.59 Å². The summed E-state index contributed by atoms with van der Waals surface area (Å²) in [6.07, 6.45) is 3.56. The maximum absolute atomic E-state index is 12.3. The van der Waals surface area contributed by atoms with E-state index in [0.29, 0.717) is 29.4 Å². The van der Waals surface area contributed by atoms with Crippen LogP contribution in [-0.4, -0.2) is 24.3 Å². The molecule has 0 spiro atoms. The molecule has 0 bridgehead atoms. The van der Waals surface area contributed by atoms with Crippen molar-refractivity contribution in [3.63, 3.8) is 0 Å². The van der Waals surface area contributed by atoms with Crippen LogP contribution >= 0.6 is 0 Å². The zero-order chi connectivity index (χ0) is 16.1. The van der Waals surface area contributed by atoms with Gasteiger partial charge in [-0.2, -0.15) is 0 Å². The summed E-state index contributed by atoms with van der Waals surface area (Å²) in [6.45, 7) is 0.329. The van der Waals surface area contributed by atoms with Gasteiger partial charge >= 0.3 is 0 Å². The molecule has 1 amide bonds. The lowest BCUT2D eigenvalue weighted by molar-refractivity contribution is -0.115. The Hall–Kier alpha value is -2.46. The topological polar surface area (TPSA) is 58.2 Å². The molecular formula is C19H20N2O2. The number of amides is 1. The number of nitrogens with one attached hydrogen (secondary N) is 2. The predicted octanol–water partition coefficient (Wildman–Crippen LogP) is 3.00. The smallest absolute Gasteiger partial charge is 0.238 e. The standard InChI is InChI=1S/C19H20N2O2/c22-18(13-20-16-7-4-8-16)21-17-11-9-15(10-12-17)19(23)14-5-2-1-3-6-14/h1-3,5-6,9-12,16,20H,4,7-8,13H2,(H,21,22). The van der Waals surface area contributed by atoms with E-state index in [2.05, 4.69) is 10.6 Å². The van der Waals surface area contributed by atoms with E-state index in [1.807, 2.05) is 18.2 Å². The van der Waals surface area contributed by atoms with Crippen molar-refractivity contribution in [1.82, 2.24) is 5.32 Å². The fourth-order valence-electron chi connectivity index (χ4n) is 2.52. The lowest BCUT2D eigenvalue weighted by atomic mass is 9.93. The molecule has 4 nitrogen and oxygen atoms in total. The number of carbonyl (C=O) groups is 2. The van der Waals surface area contributed by atoms with E-state index in [-0.39, 0.29) is 11.7 Å². The minimum absolute atomic E-state index is 0.0184. The summed E-state index contributed by atoms with van der Waals surface area (Å²) in [7, 11) is 0. The highest BCUT2D eigenvalue weighted by atomic mass is 16.2. The monoisotopic (exact) mass is 308 g/mol. The molecule has 0 heterocycles. The highest BCUT2D eigenvalue weighted by Gasteiger charge is 2.17. The third-order valence-electron chi connectivity index (χ3n) is 4.12. The zero-order valence-electron chi connectivity index (χ0n) is 12.9. The maximum atomic E-state index is 12.3. The molecule has 1 aliphatic rings. The molecule has 118 valence electrons. The number of benzene rings is 2. The van der Waals surface area contributed by atoms with Gasteiger partial charge in [-0.3, -0.25) is 9.59 Å². The highest BCUT2D eigenvalue weighted by Crippen LogP contribution is 2.18. The molecule has 0 unspecified atom stereocenters. The van der Waals surface area contributed by atoms with E-state index in [1.54, 1.807) is 36.4 Å². The third kappa shape index (κ3) is 4.05. The number of hydrogen-bond acceptors (Lipinski definition) is 3. The Bertz CT molecular complexity index is 676. The average Bonchev–Trinajstić information content (AvgIpc) is 2.54. The largest absolute Gasteiger partial charge is 0.325 e. The number of ketones is 1. The van der Waals surface area contributed by atoms with Gasteiger partial charge in [0.15, 0.2) is 5.78 Å². The highest BCUT2D eigenvalue weighted by molar-refractivity contribution is 6.09. The fraction of sp³-hybridized carbons (Fsp3) is 0.263. The molecular weight excluding hydrogens is 288 g/mol. The Morgan fingerprint density at radius 2 is 1.57 bits per heavy atom. The summed E-state index contributed by atoms with van der Waals surface area (Å²) in [5.74, 6) is -0.0748. The lowest BCUT2D eigenvalue weighted by Crippen LogP contribution is -2.40. The van der Waals surface area contributed by atoms with Crippen LogP contribution in [0.2, 0.25) is 0 Å². The first kappa shape index (κ1) is 15.4. The second-order valence-electron chi connectivity index (χ2n) is 5.83. The van der Waals surface area contributed by atoms with Gasteiger partial charge in [0.05, 0.1) is 6.54 Å². The van der Waals surface area contributed by atoms with Crippen LogP contribution in [0.4, 0.5) is 5.69 Å². The maximum Gasteiger partial charge on any atom is 0.238 e. The van der Waals surface area contributed by atoms with Crippen LogP contribution in [0.25, 0.3) is 0 Å². The van der Waals surface area contributed by atoms with Crippen molar-refractivity contribution in [3.05, 3.63) is 65.7 Å². The van der Waals surface area contributed by atoms with Crippen molar-refractivity contribution in [2.75, 3.05) is 11.9 Å². The van der Waals surface area contributed by atoms with E-state index in [1.165, 1.54) is 6.42 Å². The summed E-state index contributed by atoms with van der Waals surface area (Å²) in [6, 6.07) is 16.7. The summed E-state index contributed by atoms with van der Waals surface area (Å²) < 4.78 is 0. The number of hydrogen-bond donors (Lipinski definition) is 2. The molecule has 23 heavy (non-hydrogen) atoms. The molecule has 1 fully saturated rings. The molecule has 0 saturated heterocycles. The van der Waals surface area contributed by atoms with Crippen LogP contribution in [0, 0.1) is 0 Å². The minimum Gasteiger partial charge on any atom is -0.325 e. The van der Waals surface area contributed by atoms with Crippen LogP contribution in [0.15, 0.2) is 54.6 Å². The van der Waals surface area contributed by atoms with Crippen LogP contribution < -0.4 is 10.6 Å². The van der Waals surface area contributed by atoms with Gasteiger partial charge < -0.3 is 10.6 Å². The van der Waals surface area contributed by atoms with Gasteiger partial charge in [-0.1, -0.05) is 36.8 Å². The van der Waals surface area contributed by atoms with E-state index in [0.717, 1.165) is 12.8 Å². The first-order valence-corrected chi connectivity index (χ1v) is 7.95. The van der Waals surface area contributed by atoms with Crippen molar-refractivity contribution in [3.8, 4) is 0 Å². The van der Waals surface area contributed by atoms with E-state index in [4.69, 9.17) is 0 Å². The predicted molar refractivity (Wildman–Crippen MR) is 90.6 cm³/mol. The van der Waals surface area contributed by atoms with Gasteiger partial charge in [0.25, 0.3) is 0 Å². The van der Waals surface area contributed by atoms with E-state index < -0.39 is 0 Å². The quantitative estimate of drug-likeness (QED) is 0.807. The average molecular weight is 308 g/mol. The van der Waals surface area contributed by atoms with Crippen molar-refractivity contribution >= 4 is 17.4 Å². The third-order valence-corrected chi connectivity index (χ3v) is 4.12. The van der Waals surface area contributed by atoms with Crippen LogP contribution in [-0.2, 0) is 4.79 Å². The summed E-state index contributed by atoms with van der Waals surface area (Å²) in [5, 5.41) is 6.06. The van der Waals surface area contributed by atoms with Gasteiger partial charge in [-0.25, -0.2) is 0 Å². The van der Waals surface area contributed by atoms with Crippen molar-refractivity contribution in [2.24, 2.45) is 0 Å². The van der Waals surface area contributed by atoms with Gasteiger partial charge in [-0.15, -0.1) is 0 Å². The van der Waals surface area contributed by atoms with Gasteiger partial charge in [0.1, 0.15) is 0 Å². The molecule has 3 rings (SSSR count). The Balaban J connectivity index is 1.56. The fourth-order valence-corrected chi connectivity index (χ4v) is 2.52. The Morgan fingerprint density at radius 1 is 0.913 bits per heavy atom. The van der Waals surface area contributed by atoms with Crippen molar-refractivity contribution < 1.29 is 9.59 Å². The minimum atomic E-state index is -0.0564. The molecule has 0 atom stereocenters. The SMILES string of the molecule is O=C(CNC1CCC1)Nc1ccc(C(=O)c2ccccc2)cc1. The molecule has 1 saturated carbocycles. The molecule has 0 radical (unpaired) electrons. The lowest BCUT2D eigenvalue weighted by Gasteiger charge is -2.26. The number of carbonyl (C=O) groups excluding carboxylic acids is 2. The van der Waals surface area contributed by atoms with Gasteiger partial charge in [0.2, 0.25) is 5.91 Å². The second kappa shape index (κ2) is 7.20. The van der Waals surface area contributed by atoms with Crippen LogP contribution in [0.5, 0.6) is 0 Å². The van der Waals surface area contributed by atoms with Gasteiger partial charge in [-0.05, 0) is 37.1 Å². The molecule has 0 aliphatic heterocycles. The zero-order valence-corrected chi connectivity index (χ0v) is 12.9. The normalized spacial score (nSPS) is 14.1. The molecule has 2 aromatic rings. The summed E-state index contributed by atoms with van der Waals surface area (Å²) in [5.41, 5.74) is 1.98. The Morgan fingerprint density at radius 3 is 2.17 bits per heavy atom. The summed E-state index contributed by atoms with van der Waals surface area (Å²) in [4.78, 5) is 24.2. The first-order valence-electron chi connectivity index (χ1n) is 7.95. The molecule has 2 N–H and O–H groups in total. The molecule has 0 aromatic heterocycles. The van der Waals surface area contributed by atoms with E-state index >= 15 is 0 Å². The first-order chi connectivity index (χ1) is 11.2. The van der Waals surface area contributed by atoms with Gasteiger partial charge in [0, 0.05) is 22.9 Å². The number of anilines is 1. The molecule has 4 heteroatoms. The summed E-state index contributed by atoms with van der Waals surface area (Å²) >= 11 is 0. The second-order valence-corrected chi connectivity index (χ2v) is 5.83. The van der Waals surface area contributed by atoms with Crippen molar-refractivity contribution in [1.29, 1.82) is 0 Å². The van der Waals surface area contributed by atoms with Crippen LogP contribution in [0.3, 0.4) is 0 Å². The Kier molecular flexibility index (Phi) is 4.83. The van der Waals surface area contributed by atoms with Crippen LogP contribution in [0.1, 0.15) is 35.2 Å². The Labute approximate surface area is 135 Å². The van der Waals surface area contributed by atoms with Crippen molar-refractivity contribution in [2.45, 2.75) is 25.3 Å². The number of rotatable bonds is 6.